The standard InChI is InChI=1S/C5H9O3P/c1-2-3-4(9)8-5(6)7-3/h3-4H,2,9H2,1H3. The van der Waals surface area contributed by atoms with Gasteiger partial charge in [-0.1, -0.05) is 16.2 Å². The van der Waals surface area contributed by atoms with Gasteiger partial charge in [-0.15, -0.1) is 0 Å². The molecule has 0 aliphatic carbocycles. The van der Waals surface area contributed by atoms with E-state index < -0.39 is 6.16 Å². The molecular formula is C5H9O3P. The van der Waals surface area contributed by atoms with Gasteiger partial charge in [-0.2, -0.15) is 0 Å². The number of hydrogen-bond acceptors (Lipinski definition) is 3. The van der Waals surface area contributed by atoms with Crippen LogP contribution in [-0.2, 0) is 9.47 Å². The molecule has 3 atom stereocenters. The van der Waals surface area contributed by atoms with Gasteiger partial charge in [-0.25, -0.2) is 4.79 Å². The molecule has 52 valence electrons. The Morgan fingerprint density at radius 3 is 2.56 bits per heavy atom. The van der Waals surface area contributed by atoms with E-state index in [1.807, 2.05) is 6.92 Å². The van der Waals surface area contributed by atoms with E-state index in [-0.39, 0.29) is 11.9 Å². The molecule has 0 aromatic heterocycles. The fraction of sp³-hybridized carbons (Fsp3) is 0.800. The van der Waals surface area contributed by atoms with Gasteiger partial charge in [0.05, 0.1) is 0 Å². The number of hydrogen-bond donors (Lipinski definition) is 0. The van der Waals surface area contributed by atoms with E-state index in [0.717, 1.165) is 6.42 Å². The molecule has 0 spiro atoms. The summed E-state index contributed by atoms with van der Waals surface area (Å²) in [7, 11) is 2.41. The minimum absolute atomic E-state index is 0.0671. The molecule has 3 unspecified atom stereocenters. The summed E-state index contributed by atoms with van der Waals surface area (Å²) in [5.41, 5.74) is 0. The summed E-state index contributed by atoms with van der Waals surface area (Å²) in [5, 5.41) is 0. The first kappa shape index (κ1) is 6.81. The van der Waals surface area contributed by atoms with Gasteiger partial charge in [0.1, 0.15) is 6.10 Å². The lowest BCUT2D eigenvalue weighted by Gasteiger charge is -2.05. The van der Waals surface area contributed by atoms with E-state index in [1.54, 1.807) is 0 Å². The van der Waals surface area contributed by atoms with Crippen molar-refractivity contribution in [2.75, 3.05) is 0 Å². The molecule has 0 saturated carbocycles. The highest BCUT2D eigenvalue weighted by molar-refractivity contribution is 7.17. The van der Waals surface area contributed by atoms with Crippen LogP contribution in [0.1, 0.15) is 13.3 Å². The van der Waals surface area contributed by atoms with Crippen LogP contribution >= 0.6 is 9.24 Å². The van der Waals surface area contributed by atoms with Crippen molar-refractivity contribution in [2.45, 2.75) is 25.3 Å². The van der Waals surface area contributed by atoms with Crippen molar-refractivity contribution in [1.29, 1.82) is 0 Å². The van der Waals surface area contributed by atoms with Crippen molar-refractivity contribution in [3.8, 4) is 0 Å². The third kappa shape index (κ3) is 1.33. The lowest BCUT2D eigenvalue weighted by Crippen LogP contribution is -2.13. The van der Waals surface area contributed by atoms with Crippen LogP contribution in [-0.4, -0.2) is 18.1 Å². The average molecular weight is 148 g/mol. The lowest BCUT2D eigenvalue weighted by atomic mass is 10.3. The van der Waals surface area contributed by atoms with Gasteiger partial charge < -0.3 is 9.47 Å². The third-order valence-electron chi connectivity index (χ3n) is 1.25. The Balaban J connectivity index is 2.47. The largest absolute Gasteiger partial charge is 0.509 e. The fourth-order valence-corrected chi connectivity index (χ4v) is 1.18. The van der Waals surface area contributed by atoms with Gasteiger partial charge in [0.15, 0.2) is 5.85 Å². The van der Waals surface area contributed by atoms with Crippen LogP contribution in [0.3, 0.4) is 0 Å². The van der Waals surface area contributed by atoms with Gasteiger partial charge in [-0.05, 0) is 6.42 Å². The zero-order valence-electron chi connectivity index (χ0n) is 5.16. The van der Waals surface area contributed by atoms with Crippen molar-refractivity contribution < 1.29 is 14.3 Å². The molecule has 0 bridgehead atoms. The van der Waals surface area contributed by atoms with E-state index in [2.05, 4.69) is 14.0 Å². The fourth-order valence-electron chi connectivity index (χ4n) is 0.721. The first-order valence-electron chi connectivity index (χ1n) is 2.87. The van der Waals surface area contributed by atoms with E-state index >= 15 is 0 Å². The second-order valence-electron chi connectivity index (χ2n) is 1.90. The first-order valence-corrected chi connectivity index (χ1v) is 3.53. The highest BCUT2D eigenvalue weighted by atomic mass is 31.0. The van der Waals surface area contributed by atoms with Crippen LogP contribution in [0.15, 0.2) is 0 Å². The second kappa shape index (κ2) is 2.53. The van der Waals surface area contributed by atoms with Gasteiger partial charge >= 0.3 is 6.16 Å². The van der Waals surface area contributed by atoms with E-state index in [0.29, 0.717) is 0 Å². The summed E-state index contributed by atoms with van der Waals surface area (Å²) in [6.07, 6.45) is 0.184. The predicted molar refractivity (Wildman–Crippen MR) is 35.1 cm³/mol. The second-order valence-corrected chi connectivity index (χ2v) is 2.55. The average Bonchev–Trinajstić information content (AvgIpc) is 2.10. The summed E-state index contributed by atoms with van der Waals surface area (Å²) in [6, 6.07) is 0. The van der Waals surface area contributed by atoms with E-state index in [4.69, 9.17) is 4.74 Å². The number of ether oxygens (including phenoxy) is 2. The molecule has 9 heavy (non-hydrogen) atoms. The van der Waals surface area contributed by atoms with Crippen LogP contribution in [0.4, 0.5) is 4.79 Å². The molecule has 1 aliphatic heterocycles. The molecule has 1 fully saturated rings. The molecular weight excluding hydrogens is 139 g/mol. The maximum atomic E-state index is 10.4. The molecule has 3 nitrogen and oxygen atoms in total. The Bertz CT molecular complexity index is 125. The molecule has 0 amide bonds. The topological polar surface area (TPSA) is 35.5 Å². The minimum atomic E-state index is -0.554. The van der Waals surface area contributed by atoms with Crippen LogP contribution in [0.25, 0.3) is 0 Å². The van der Waals surface area contributed by atoms with Gasteiger partial charge in [0, 0.05) is 0 Å². The SMILES string of the molecule is CCC1OC(=O)OC1P. The summed E-state index contributed by atoms with van der Waals surface area (Å²) in [6.45, 7) is 1.95. The molecule has 1 heterocycles. The van der Waals surface area contributed by atoms with Gasteiger partial charge in [0.2, 0.25) is 0 Å². The molecule has 0 aromatic rings. The first-order chi connectivity index (χ1) is 4.24. The smallest absolute Gasteiger partial charge is 0.427 e. The lowest BCUT2D eigenvalue weighted by molar-refractivity contribution is 0.117. The zero-order chi connectivity index (χ0) is 6.85. The van der Waals surface area contributed by atoms with Crippen molar-refractivity contribution in [3.05, 3.63) is 0 Å². The number of carbonyl (C=O) groups excluding carboxylic acids is 1. The van der Waals surface area contributed by atoms with Crippen molar-refractivity contribution >= 4 is 15.4 Å². The molecule has 1 rings (SSSR count). The predicted octanol–water partition coefficient (Wildman–Crippen LogP) is 1.13. The third-order valence-corrected chi connectivity index (χ3v) is 1.81. The molecule has 1 saturated heterocycles. The van der Waals surface area contributed by atoms with Crippen molar-refractivity contribution in [1.82, 2.24) is 0 Å². The Hall–Kier alpha value is -0.300. The molecule has 4 heteroatoms. The Morgan fingerprint density at radius 2 is 2.33 bits per heavy atom. The molecule has 0 N–H and O–H groups in total. The summed E-state index contributed by atoms with van der Waals surface area (Å²) in [5.74, 6) is -0.150. The Morgan fingerprint density at radius 1 is 1.67 bits per heavy atom. The summed E-state index contributed by atoms with van der Waals surface area (Å²) >= 11 is 0. The van der Waals surface area contributed by atoms with E-state index in [1.165, 1.54) is 0 Å². The van der Waals surface area contributed by atoms with Crippen LogP contribution in [0.5, 0.6) is 0 Å². The van der Waals surface area contributed by atoms with Crippen molar-refractivity contribution in [2.24, 2.45) is 0 Å². The molecule has 0 radical (unpaired) electrons. The maximum absolute atomic E-state index is 10.4. The molecule has 1 aliphatic rings. The highest BCUT2D eigenvalue weighted by Crippen LogP contribution is 2.22. The minimum Gasteiger partial charge on any atom is -0.427 e. The summed E-state index contributed by atoms with van der Waals surface area (Å²) in [4.78, 5) is 10.4. The Kier molecular flexibility index (Phi) is 1.91. The number of cyclic esters (lactones) is 2. The van der Waals surface area contributed by atoms with E-state index in [9.17, 15) is 4.79 Å². The zero-order valence-corrected chi connectivity index (χ0v) is 6.32. The summed E-state index contributed by atoms with van der Waals surface area (Å²) < 4.78 is 9.41. The normalized spacial score (nSPS) is 33.8. The van der Waals surface area contributed by atoms with Crippen LogP contribution in [0.2, 0.25) is 0 Å². The quantitative estimate of drug-likeness (QED) is 0.413. The maximum Gasteiger partial charge on any atom is 0.509 e. The monoisotopic (exact) mass is 148 g/mol. The number of rotatable bonds is 1. The van der Waals surface area contributed by atoms with Crippen LogP contribution in [0, 0.1) is 0 Å². The van der Waals surface area contributed by atoms with Gasteiger partial charge in [0.25, 0.3) is 0 Å². The van der Waals surface area contributed by atoms with Gasteiger partial charge in [-0.3, -0.25) is 0 Å². The Labute approximate surface area is 55.9 Å². The number of carbonyl (C=O) groups is 1. The molecule has 0 aromatic carbocycles. The highest BCUT2D eigenvalue weighted by Gasteiger charge is 2.31. The van der Waals surface area contributed by atoms with Crippen molar-refractivity contribution in [3.63, 3.8) is 0 Å². The van der Waals surface area contributed by atoms with Crippen LogP contribution < -0.4 is 0 Å².